The summed E-state index contributed by atoms with van der Waals surface area (Å²) in [5, 5.41) is 2.89. The van der Waals surface area contributed by atoms with Crippen molar-refractivity contribution in [2.24, 2.45) is 0 Å². The normalized spacial score (nSPS) is 11.5. The highest BCUT2D eigenvalue weighted by Crippen LogP contribution is 2.20. The number of rotatable bonds is 7. The Morgan fingerprint density at radius 2 is 1.52 bits per heavy atom. The molecule has 0 aliphatic carbocycles. The van der Waals surface area contributed by atoms with Gasteiger partial charge in [0.15, 0.2) is 6.10 Å². The molecule has 0 saturated heterocycles. The van der Waals surface area contributed by atoms with E-state index >= 15 is 0 Å². The minimum atomic E-state index is -0.610. The van der Waals surface area contributed by atoms with E-state index < -0.39 is 6.10 Å². The number of ether oxygens (including phenoxy) is 2. The molecular formula is C23H23NO3. The molecule has 4 nitrogen and oxygen atoms in total. The molecule has 0 aromatic heterocycles. The van der Waals surface area contributed by atoms with Crippen LogP contribution >= 0.6 is 0 Å². The summed E-state index contributed by atoms with van der Waals surface area (Å²) in [5.74, 6) is 1.19. The SMILES string of the molecule is Cc1ccccc1NC(=O)C(C)Oc1ccc(OCc2ccccc2)cc1. The van der Waals surface area contributed by atoms with Crippen molar-refractivity contribution in [3.8, 4) is 11.5 Å². The number of aryl methyl sites for hydroxylation is 1. The minimum absolute atomic E-state index is 0.186. The molecule has 1 N–H and O–H groups in total. The zero-order valence-corrected chi connectivity index (χ0v) is 15.5. The zero-order valence-electron chi connectivity index (χ0n) is 15.5. The van der Waals surface area contributed by atoms with Gasteiger partial charge in [0, 0.05) is 5.69 Å². The molecule has 0 heterocycles. The lowest BCUT2D eigenvalue weighted by atomic mass is 10.2. The molecule has 1 unspecified atom stereocenters. The highest BCUT2D eigenvalue weighted by atomic mass is 16.5. The summed E-state index contributed by atoms with van der Waals surface area (Å²) >= 11 is 0. The maximum atomic E-state index is 12.3. The second-order valence-electron chi connectivity index (χ2n) is 6.31. The molecule has 0 saturated carbocycles. The molecule has 1 atom stereocenters. The molecule has 0 bridgehead atoms. The topological polar surface area (TPSA) is 47.6 Å². The summed E-state index contributed by atoms with van der Waals surface area (Å²) in [6, 6.07) is 24.9. The lowest BCUT2D eigenvalue weighted by Crippen LogP contribution is -2.30. The molecule has 3 rings (SSSR count). The first-order chi connectivity index (χ1) is 13.1. The number of anilines is 1. The summed E-state index contributed by atoms with van der Waals surface area (Å²) in [6.45, 7) is 4.19. The van der Waals surface area contributed by atoms with Crippen molar-refractivity contribution in [3.63, 3.8) is 0 Å². The van der Waals surface area contributed by atoms with Crippen molar-refractivity contribution in [3.05, 3.63) is 90.0 Å². The van der Waals surface area contributed by atoms with Gasteiger partial charge in [0.25, 0.3) is 5.91 Å². The molecule has 0 radical (unpaired) electrons. The van der Waals surface area contributed by atoms with Crippen LogP contribution in [0.2, 0.25) is 0 Å². The number of carbonyl (C=O) groups is 1. The molecule has 27 heavy (non-hydrogen) atoms. The fourth-order valence-electron chi connectivity index (χ4n) is 2.56. The molecule has 138 valence electrons. The van der Waals surface area contributed by atoms with Crippen LogP contribution in [0.15, 0.2) is 78.9 Å². The zero-order chi connectivity index (χ0) is 19.1. The van der Waals surface area contributed by atoms with Crippen LogP contribution in [-0.4, -0.2) is 12.0 Å². The number of para-hydroxylation sites is 1. The van der Waals surface area contributed by atoms with E-state index in [9.17, 15) is 4.79 Å². The molecule has 3 aromatic carbocycles. The number of benzene rings is 3. The van der Waals surface area contributed by atoms with Crippen molar-refractivity contribution in [1.82, 2.24) is 0 Å². The summed E-state index contributed by atoms with van der Waals surface area (Å²) in [5.41, 5.74) is 2.92. The van der Waals surface area contributed by atoms with Crippen LogP contribution in [0.25, 0.3) is 0 Å². The Morgan fingerprint density at radius 3 is 2.22 bits per heavy atom. The number of carbonyl (C=O) groups excluding carboxylic acids is 1. The Hall–Kier alpha value is -3.27. The number of amides is 1. The van der Waals surface area contributed by atoms with E-state index in [1.165, 1.54) is 0 Å². The van der Waals surface area contributed by atoms with Gasteiger partial charge in [-0.2, -0.15) is 0 Å². The van der Waals surface area contributed by atoms with Gasteiger partial charge in [0.2, 0.25) is 0 Å². The van der Waals surface area contributed by atoms with Crippen molar-refractivity contribution < 1.29 is 14.3 Å². The van der Waals surface area contributed by atoms with Crippen LogP contribution in [0.3, 0.4) is 0 Å². The van der Waals surface area contributed by atoms with Gasteiger partial charge in [-0.15, -0.1) is 0 Å². The van der Waals surface area contributed by atoms with Gasteiger partial charge >= 0.3 is 0 Å². The van der Waals surface area contributed by atoms with E-state index in [1.54, 1.807) is 19.1 Å². The average molecular weight is 361 g/mol. The van der Waals surface area contributed by atoms with E-state index in [-0.39, 0.29) is 5.91 Å². The van der Waals surface area contributed by atoms with Gasteiger partial charge < -0.3 is 14.8 Å². The van der Waals surface area contributed by atoms with Gasteiger partial charge in [-0.3, -0.25) is 4.79 Å². The largest absolute Gasteiger partial charge is 0.489 e. The van der Waals surface area contributed by atoms with Crippen molar-refractivity contribution in [2.75, 3.05) is 5.32 Å². The second-order valence-corrected chi connectivity index (χ2v) is 6.31. The number of hydrogen-bond acceptors (Lipinski definition) is 3. The van der Waals surface area contributed by atoms with E-state index in [0.29, 0.717) is 12.4 Å². The first kappa shape index (κ1) is 18.5. The molecule has 1 amide bonds. The fourth-order valence-corrected chi connectivity index (χ4v) is 2.56. The predicted molar refractivity (Wildman–Crippen MR) is 107 cm³/mol. The first-order valence-electron chi connectivity index (χ1n) is 8.92. The summed E-state index contributed by atoms with van der Waals surface area (Å²) in [4.78, 5) is 12.3. The highest BCUT2D eigenvalue weighted by Gasteiger charge is 2.15. The Morgan fingerprint density at radius 1 is 0.889 bits per heavy atom. The third-order valence-electron chi connectivity index (χ3n) is 4.16. The Labute approximate surface area is 159 Å². The molecule has 3 aromatic rings. The Bertz CT molecular complexity index is 876. The smallest absolute Gasteiger partial charge is 0.265 e. The van der Waals surface area contributed by atoms with E-state index in [0.717, 1.165) is 22.6 Å². The molecule has 0 aliphatic heterocycles. The van der Waals surface area contributed by atoms with Crippen molar-refractivity contribution >= 4 is 11.6 Å². The van der Waals surface area contributed by atoms with E-state index in [1.807, 2.05) is 73.7 Å². The molecule has 0 spiro atoms. The lowest BCUT2D eigenvalue weighted by Gasteiger charge is -2.16. The quantitative estimate of drug-likeness (QED) is 0.646. The molecule has 0 fully saturated rings. The lowest BCUT2D eigenvalue weighted by molar-refractivity contribution is -0.122. The predicted octanol–water partition coefficient (Wildman–Crippen LogP) is 4.98. The Balaban J connectivity index is 1.52. The summed E-state index contributed by atoms with van der Waals surface area (Å²) < 4.78 is 11.5. The maximum absolute atomic E-state index is 12.3. The van der Waals surface area contributed by atoms with Crippen molar-refractivity contribution in [1.29, 1.82) is 0 Å². The summed E-state index contributed by atoms with van der Waals surface area (Å²) in [7, 11) is 0. The van der Waals surface area contributed by atoms with Gasteiger partial charge in [-0.1, -0.05) is 48.5 Å². The summed E-state index contributed by atoms with van der Waals surface area (Å²) in [6.07, 6.45) is -0.610. The van der Waals surface area contributed by atoms with Gasteiger partial charge in [0.1, 0.15) is 18.1 Å². The third kappa shape index (κ3) is 5.35. The van der Waals surface area contributed by atoms with Crippen LogP contribution < -0.4 is 14.8 Å². The molecular weight excluding hydrogens is 338 g/mol. The fraction of sp³-hybridized carbons (Fsp3) is 0.174. The standard InChI is InChI=1S/C23H23NO3/c1-17-8-6-7-11-22(17)24-23(25)18(2)27-21-14-12-20(13-15-21)26-16-19-9-4-3-5-10-19/h3-15,18H,16H2,1-2H3,(H,24,25). The average Bonchev–Trinajstić information content (AvgIpc) is 2.70. The second kappa shape index (κ2) is 8.90. The van der Waals surface area contributed by atoms with E-state index in [2.05, 4.69) is 5.32 Å². The van der Waals surface area contributed by atoms with Gasteiger partial charge in [-0.25, -0.2) is 0 Å². The maximum Gasteiger partial charge on any atom is 0.265 e. The number of hydrogen-bond donors (Lipinski definition) is 1. The van der Waals surface area contributed by atoms with E-state index in [4.69, 9.17) is 9.47 Å². The monoisotopic (exact) mass is 361 g/mol. The third-order valence-corrected chi connectivity index (χ3v) is 4.16. The van der Waals surface area contributed by atoms with Crippen LogP contribution in [0.1, 0.15) is 18.1 Å². The van der Waals surface area contributed by atoms with Gasteiger partial charge in [0.05, 0.1) is 0 Å². The first-order valence-corrected chi connectivity index (χ1v) is 8.92. The minimum Gasteiger partial charge on any atom is -0.489 e. The van der Waals surface area contributed by atoms with Crippen LogP contribution in [0.5, 0.6) is 11.5 Å². The van der Waals surface area contributed by atoms with Crippen LogP contribution in [-0.2, 0) is 11.4 Å². The Kier molecular flexibility index (Phi) is 6.10. The molecule has 0 aliphatic rings. The van der Waals surface area contributed by atoms with Gasteiger partial charge in [-0.05, 0) is 55.3 Å². The molecule has 4 heteroatoms. The highest BCUT2D eigenvalue weighted by molar-refractivity contribution is 5.94. The van der Waals surface area contributed by atoms with Crippen LogP contribution in [0.4, 0.5) is 5.69 Å². The number of nitrogens with one attached hydrogen (secondary N) is 1. The van der Waals surface area contributed by atoms with Crippen LogP contribution in [0, 0.1) is 6.92 Å². The van der Waals surface area contributed by atoms with Crippen molar-refractivity contribution in [2.45, 2.75) is 26.6 Å².